The first-order valence-electron chi connectivity index (χ1n) is 4.90. The molecule has 0 aliphatic heterocycles. The van der Waals surface area contributed by atoms with Crippen LogP contribution < -0.4 is 0 Å². The average Bonchev–Trinajstić information content (AvgIpc) is 2.27. The first-order valence-corrected chi connectivity index (χ1v) is 6.71. The molecule has 0 amide bonds. The third-order valence-corrected chi connectivity index (χ3v) is 2.58. The predicted octanol–water partition coefficient (Wildman–Crippen LogP) is 0.878. The average molecular weight is 258 g/mol. The first-order chi connectivity index (χ1) is 7.90. The Morgan fingerprint density at radius 2 is 1.71 bits per heavy atom. The largest absolute Gasteiger partial charge is 0.469 e. The van der Waals surface area contributed by atoms with E-state index < -0.39 is 10.1 Å². The quantitative estimate of drug-likeness (QED) is 0.579. The third kappa shape index (κ3) is 5.46. The van der Waals surface area contributed by atoms with E-state index in [1.54, 1.807) is 24.3 Å². The van der Waals surface area contributed by atoms with Crippen LogP contribution in [0.4, 0.5) is 0 Å². The third-order valence-electron chi connectivity index (χ3n) is 2.04. The Hall–Kier alpha value is -1.40. The van der Waals surface area contributed by atoms with Gasteiger partial charge < -0.3 is 4.74 Å². The van der Waals surface area contributed by atoms with E-state index in [1.807, 2.05) is 0 Å². The second kappa shape index (κ2) is 5.79. The Labute approximate surface area is 100 Å². The number of methoxy groups -OCH3 is 1. The van der Waals surface area contributed by atoms with Gasteiger partial charge in [-0.25, -0.2) is 0 Å². The summed E-state index contributed by atoms with van der Waals surface area (Å²) < 4.78 is 30.7. The number of carbonyl (C=O) groups excluding carboxylic acids is 1. The van der Waals surface area contributed by atoms with E-state index in [-0.39, 0.29) is 19.0 Å². The van der Waals surface area contributed by atoms with Crippen molar-refractivity contribution >= 4 is 16.1 Å². The maximum Gasteiger partial charge on any atom is 0.309 e. The normalized spacial score (nSPS) is 11.2. The van der Waals surface area contributed by atoms with Gasteiger partial charge in [-0.3, -0.25) is 8.98 Å². The fraction of sp³-hybridized carbons (Fsp3) is 0.364. The Morgan fingerprint density at radius 1 is 1.18 bits per heavy atom. The Kier molecular flexibility index (Phi) is 4.65. The smallest absolute Gasteiger partial charge is 0.309 e. The molecule has 94 valence electrons. The van der Waals surface area contributed by atoms with E-state index in [0.717, 1.165) is 17.4 Å². The number of esters is 1. The molecule has 1 aromatic rings. The summed E-state index contributed by atoms with van der Waals surface area (Å²) in [6, 6.07) is 6.89. The van der Waals surface area contributed by atoms with Crippen molar-refractivity contribution in [3.8, 4) is 0 Å². The zero-order valence-electron chi connectivity index (χ0n) is 9.67. The van der Waals surface area contributed by atoms with Crippen molar-refractivity contribution in [2.45, 2.75) is 13.0 Å². The van der Waals surface area contributed by atoms with Gasteiger partial charge in [0, 0.05) is 0 Å². The van der Waals surface area contributed by atoms with Crippen molar-refractivity contribution in [1.82, 2.24) is 0 Å². The fourth-order valence-electron chi connectivity index (χ4n) is 1.17. The molecule has 0 unspecified atom stereocenters. The maximum atomic E-state index is 11.0. The molecule has 0 aliphatic carbocycles. The number of benzene rings is 1. The highest BCUT2D eigenvalue weighted by Crippen LogP contribution is 2.08. The Balaban J connectivity index is 2.59. The number of carbonyl (C=O) groups is 1. The summed E-state index contributed by atoms with van der Waals surface area (Å²) in [5.74, 6) is -0.315. The van der Waals surface area contributed by atoms with E-state index in [9.17, 15) is 13.2 Å². The molecule has 0 saturated carbocycles. The molecular weight excluding hydrogens is 244 g/mol. The van der Waals surface area contributed by atoms with Crippen LogP contribution in [0.3, 0.4) is 0 Å². The van der Waals surface area contributed by atoms with E-state index in [2.05, 4.69) is 8.92 Å². The second-order valence-corrected chi connectivity index (χ2v) is 5.18. The summed E-state index contributed by atoms with van der Waals surface area (Å²) >= 11 is 0. The lowest BCUT2D eigenvalue weighted by Crippen LogP contribution is -2.05. The minimum atomic E-state index is -3.43. The monoisotopic (exact) mass is 258 g/mol. The van der Waals surface area contributed by atoms with Gasteiger partial charge in [0.1, 0.15) is 0 Å². The number of rotatable bonds is 5. The van der Waals surface area contributed by atoms with Crippen LogP contribution in [-0.4, -0.2) is 27.8 Å². The van der Waals surface area contributed by atoms with Gasteiger partial charge in [-0.05, 0) is 11.1 Å². The zero-order chi connectivity index (χ0) is 12.9. The maximum absolute atomic E-state index is 11.0. The standard InChI is InChI=1S/C11H14O5S/c1-15-11(12)7-9-3-5-10(6-4-9)8-16-17(2,13)14/h3-6H,7-8H2,1-2H3. The molecule has 0 heterocycles. The van der Waals surface area contributed by atoms with E-state index >= 15 is 0 Å². The summed E-state index contributed by atoms with van der Waals surface area (Å²) in [6.45, 7) is -0.00264. The highest BCUT2D eigenvalue weighted by molar-refractivity contribution is 7.85. The number of hydrogen-bond acceptors (Lipinski definition) is 5. The van der Waals surface area contributed by atoms with Gasteiger partial charge in [0.15, 0.2) is 0 Å². The van der Waals surface area contributed by atoms with Gasteiger partial charge >= 0.3 is 5.97 Å². The van der Waals surface area contributed by atoms with Crippen LogP contribution in [0.1, 0.15) is 11.1 Å². The Bertz CT molecular complexity index is 475. The van der Waals surface area contributed by atoms with Crippen LogP contribution in [0, 0.1) is 0 Å². The molecule has 1 aromatic carbocycles. The summed E-state index contributed by atoms with van der Waals surface area (Å²) in [7, 11) is -2.10. The minimum absolute atomic E-state index is 0.00264. The van der Waals surface area contributed by atoms with Crippen molar-refractivity contribution in [2.24, 2.45) is 0 Å². The molecule has 0 aliphatic rings. The molecule has 0 spiro atoms. The summed E-state index contributed by atoms with van der Waals surface area (Å²) in [5.41, 5.74) is 1.53. The molecular formula is C11H14O5S. The van der Waals surface area contributed by atoms with Gasteiger partial charge in [-0.15, -0.1) is 0 Å². The van der Waals surface area contributed by atoms with Crippen LogP contribution in [0.5, 0.6) is 0 Å². The number of ether oxygens (including phenoxy) is 1. The van der Waals surface area contributed by atoms with Crippen LogP contribution in [0.25, 0.3) is 0 Å². The van der Waals surface area contributed by atoms with Crippen LogP contribution in [0.15, 0.2) is 24.3 Å². The lowest BCUT2D eigenvalue weighted by molar-refractivity contribution is -0.139. The van der Waals surface area contributed by atoms with Gasteiger partial charge in [0.2, 0.25) is 0 Å². The molecule has 0 fully saturated rings. The highest BCUT2D eigenvalue weighted by Gasteiger charge is 2.04. The van der Waals surface area contributed by atoms with Gasteiger partial charge in [-0.1, -0.05) is 24.3 Å². The molecule has 0 N–H and O–H groups in total. The summed E-state index contributed by atoms with van der Waals surface area (Å²) in [6.07, 6.45) is 1.20. The Morgan fingerprint density at radius 3 is 2.18 bits per heavy atom. The van der Waals surface area contributed by atoms with E-state index in [4.69, 9.17) is 0 Å². The van der Waals surface area contributed by atoms with E-state index in [1.165, 1.54) is 7.11 Å². The topological polar surface area (TPSA) is 69.7 Å². The first kappa shape index (κ1) is 13.7. The van der Waals surface area contributed by atoms with Crippen LogP contribution >= 0.6 is 0 Å². The summed E-state index contributed by atoms with van der Waals surface area (Å²) in [5, 5.41) is 0. The zero-order valence-corrected chi connectivity index (χ0v) is 10.5. The minimum Gasteiger partial charge on any atom is -0.469 e. The van der Waals surface area contributed by atoms with Crippen molar-refractivity contribution in [3.05, 3.63) is 35.4 Å². The van der Waals surface area contributed by atoms with Crippen LogP contribution in [0.2, 0.25) is 0 Å². The molecule has 0 radical (unpaired) electrons. The van der Waals surface area contributed by atoms with Gasteiger partial charge in [0.05, 0.1) is 26.4 Å². The molecule has 0 atom stereocenters. The van der Waals surface area contributed by atoms with Gasteiger partial charge in [-0.2, -0.15) is 8.42 Å². The molecule has 5 nitrogen and oxygen atoms in total. The molecule has 17 heavy (non-hydrogen) atoms. The molecule has 0 saturated heterocycles. The fourth-order valence-corrected chi connectivity index (χ4v) is 1.52. The molecule has 1 rings (SSSR count). The molecule has 6 heteroatoms. The van der Waals surface area contributed by atoms with E-state index in [0.29, 0.717) is 0 Å². The SMILES string of the molecule is COC(=O)Cc1ccc(COS(C)(=O)=O)cc1. The van der Waals surface area contributed by atoms with Gasteiger partial charge in [0.25, 0.3) is 10.1 Å². The summed E-state index contributed by atoms with van der Waals surface area (Å²) in [4.78, 5) is 11.0. The number of hydrogen-bond donors (Lipinski definition) is 0. The van der Waals surface area contributed by atoms with Crippen LogP contribution in [-0.2, 0) is 36.9 Å². The lowest BCUT2D eigenvalue weighted by Gasteiger charge is -2.03. The highest BCUT2D eigenvalue weighted by atomic mass is 32.2. The van der Waals surface area contributed by atoms with Crippen molar-refractivity contribution in [1.29, 1.82) is 0 Å². The molecule has 0 bridgehead atoms. The lowest BCUT2D eigenvalue weighted by atomic mass is 10.1. The molecule has 0 aromatic heterocycles. The van der Waals surface area contributed by atoms with Crippen molar-refractivity contribution < 1.29 is 22.1 Å². The van der Waals surface area contributed by atoms with Crippen molar-refractivity contribution in [2.75, 3.05) is 13.4 Å². The van der Waals surface area contributed by atoms with Crippen molar-refractivity contribution in [3.63, 3.8) is 0 Å². The predicted molar refractivity (Wildman–Crippen MR) is 61.8 cm³/mol. The second-order valence-electron chi connectivity index (χ2n) is 3.54.